The summed E-state index contributed by atoms with van der Waals surface area (Å²) in [5.41, 5.74) is 4.42. The summed E-state index contributed by atoms with van der Waals surface area (Å²) in [6.07, 6.45) is 0. The number of carbonyl (C=O) groups excluding carboxylic acids is 2. The minimum Gasteiger partial charge on any atom is -0.379 e. The summed E-state index contributed by atoms with van der Waals surface area (Å²) in [6, 6.07) is 8.95. The van der Waals surface area contributed by atoms with Gasteiger partial charge in [0.15, 0.2) is 0 Å². The van der Waals surface area contributed by atoms with Crippen LogP contribution in [0.15, 0.2) is 30.3 Å². The van der Waals surface area contributed by atoms with Crippen LogP contribution in [0.1, 0.15) is 20.7 Å². The summed E-state index contributed by atoms with van der Waals surface area (Å²) in [7, 11) is 0. The minimum absolute atomic E-state index is 0.245. The summed E-state index contributed by atoms with van der Waals surface area (Å²) in [5.74, 6) is 5.07. The van der Waals surface area contributed by atoms with Crippen LogP contribution in [0.5, 0.6) is 0 Å². The Morgan fingerprint density at radius 1 is 1.00 bits per heavy atom. The van der Waals surface area contributed by atoms with Crippen molar-refractivity contribution in [3.63, 3.8) is 0 Å². The van der Waals surface area contributed by atoms with E-state index in [1.54, 1.807) is 18.2 Å². The molecular formula is C18H20N4O3. The van der Waals surface area contributed by atoms with Crippen molar-refractivity contribution in [1.82, 2.24) is 9.80 Å². The molecule has 25 heavy (non-hydrogen) atoms. The van der Waals surface area contributed by atoms with Crippen molar-refractivity contribution >= 4 is 28.3 Å². The fraction of sp³-hybridized carbons (Fsp3) is 0.333. The number of amides is 2. The lowest BCUT2D eigenvalue weighted by Gasteiger charge is -2.31. The summed E-state index contributed by atoms with van der Waals surface area (Å²) in [6.45, 7) is 4.08. The second-order valence-electron chi connectivity index (χ2n) is 6.25. The van der Waals surface area contributed by atoms with E-state index < -0.39 is 0 Å². The van der Waals surface area contributed by atoms with E-state index >= 15 is 0 Å². The number of rotatable bonds is 4. The van der Waals surface area contributed by atoms with Crippen LogP contribution in [-0.2, 0) is 4.74 Å². The van der Waals surface area contributed by atoms with Crippen LogP contribution in [0.4, 0.5) is 5.69 Å². The van der Waals surface area contributed by atoms with Crippen molar-refractivity contribution in [2.45, 2.75) is 0 Å². The van der Waals surface area contributed by atoms with Crippen molar-refractivity contribution in [2.75, 3.05) is 44.8 Å². The molecule has 1 saturated heterocycles. The molecule has 2 aromatic rings. The van der Waals surface area contributed by atoms with Gasteiger partial charge in [-0.1, -0.05) is 12.1 Å². The molecule has 0 bridgehead atoms. The molecule has 7 nitrogen and oxygen atoms in total. The first-order valence-electron chi connectivity index (χ1n) is 8.39. The van der Waals surface area contributed by atoms with Gasteiger partial charge in [0.25, 0.3) is 11.8 Å². The molecule has 2 heterocycles. The standard InChI is InChI=1S/C18H20N4O3/c19-20-15-5-4-14-16-12(15)2-1-3-13(16)17(23)22(18(14)24)7-6-21-8-10-25-11-9-21/h1-5,20H,6-11,19H2. The number of hydrogen-bond acceptors (Lipinski definition) is 6. The highest BCUT2D eigenvalue weighted by Crippen LogP contribution is 2.33. The predicted molar refractivity (Wildman–Crippen MR) is 94.4 cm³/mol. The van der Waals surface area contributed by atoms with Gasteiger partial charge in [0.1, 0.15) is 0 Å². The average Bonchev–Trinajstić information content (AvgIpc) is 2.66. The van der Waals surface area contributed by atoms with Crippen molar-refractivity contribution in [3.05, 3.63) is 41.5 Å². The van der Waals surface area contributed by atoms with E-state index in [-0.39, 0.29) is 11.8 Å². The highest BCUT2D eigenvalue weighted by Gasteiger charge is 2.33. The van der Waals surface area contributed by atoms with Crippen LogP contribution in [0, 0.1) is 0 Å². The van der Waals surface area contributed by atoms with E-state index in [1.165, 1.54) is 4.90 Å². The molecule has 0 spiro atoms. The summed E-state index contributed by atoms with van der Waals surface area (Å²) in [5, 5.41) is 1.46. The first-order chi connectivity index (χ1) is 12.2. The summed E-state index contributed by atoms with van der Waals surface area (Å²) < 4.78 is 5.34. The molecule has 0 aromatic heterocycles. The second-order valence-corrected chi connectivity index (χ2v) is 6.25. The Kier molecular flexibility index (Phi) is 4.12. The zero-order valence-corrected chi connectivity index (χ0v) is 13.8. The van der Waals surface area contributed by atoms with E-state index in [2.05, 4.69) is 10.3 Å². The van der Waals surface area contributed by atoms with Gasteiger partial charge in [-0.05, 0) is 18.2 Å². The molecule has 0 radical (unpaired) electrons. The lowest BCUT2D eigenvalue weighted by atomic mass is 9.93. The number of hydrogen-bond donors (Lipinski definition) is 2. The highest BCUT2D eigenvalue weighted by molar-refractivity contribution is 6.26. The molecule has 0 saturated carbocycles. The minimum atomic E-state index is -0.245. The van der Waals surface area contributed by atoms with Crippen LogP contribution in [0.25, 0.3) is 10.8 Å². The fourth-order valence-corrected chi connectivity index (χ4v) is 3.54. The molecule has 4 rings (SSSR count). The monoisotopic (exact) mass is 340 g/mol. The number of morpholine rings is 1. The zero-order chi connectivity index (χ0) is 17.4. The Morgan fingerprint density at radius 2 is 1.72 bits per heavy atom. The average molecular weight is 340 g/mol. The molecule has 2 aliphatic rings. The summed E-state index contributed by atoms with van der Waals surface area (Å²) in [4.78, 5) is 29.4. The molecule has 0 atom stereocenters. The summed E-state index contributed by atoms with van der Waals surface area (Å²) >= 11 is 0. The van der Waals surface area contributed by atoms with Crippen molar-refractivity contribution in [1.29, 1.82) is 0 Å². The third-order valence-electron chi connectivity index (χ3n) is 4.89. The number of benzene rings is 2. The Morgan fingerprint density at radius 3 is 2.44 bits per heavy atom. The number of nitrogens with one attached hydrogen (secondary N) is 1. The molecule has 3 N–H and O–H groups in total. The van der Waals surface area contributed by atoms with Crippen LogP contribution in [-0.4, -0.2) is 61.0 Å². The third kappa shape index (κ3) is 2.66. The quantitative estimate of drug-likeness (QED) is 0.491. The maximum Gasteiger partial charge on any atom is 0.261 e. The van der Waals surface area contributed by atoms with Gasteiger partial charge in [-0.15, -0.1) is 0 Å². The lowest BCUT2D eigenvalue weighted by molar-refractivity contribution is 0.0316. The zero-order valence-electron chi connectivity index (χ0n) is 13.8. The maximum absolute atomic E-state index is 12.9. The third-order valence-corrected chi connectivity index (χ3v) is 4.89. The highest BCUT2D eigenvalue weighted by atomic mass is 16.5. The van der Waals surface area contributed by atoms with Gasteiger partial charge < -0.3 is 10.2 Å². The van der Waals surface area contributed by atoms with Gasteiger partial charge in [-0.3, -0.25) is 25.2 Å². The SMILES string of the molecule is NNc1ccc2c3c(cccc13)C(=O)N(CCN1CCOCC1)C2=O. The molecule has 0 unspecified atom stereocenters. The molecule has 2 aromatic carbocycles. The van der Waals surface area contributed by atoms with Gasteiger partial charge in [-0.25, -0.2) is 0 Å². The number of anilines is 1. The van der Waals surface area contributed by atoms with Crippen molar-refractivity contribution in [2.24, 2.45) is 5.84 Å². The predicted octanol–water partition coefficient (Wildman–Crippen LogP) is 1.05. The normalized spacial score (nSPS) is 18.0. The van der Waals surface area contributed by atoms with E-state index in [0.717, 1.165) is 18.5 Å². The Bertz CT molecular complexity index is 823. The second kappa shape index (κ2) is 6.44. The molecule has 2 amide bonds. The van der Waals surface area contributed by atoms with Crippen LogP contribution < -0.4 is 11.3 Å². The Hall–Kier alpha value is -2.48. The molecular weight excluding hydrogens is 320 g/mol. The molecule has 130 valence electrons. The number of nitrogens with two attached hydrogens (primary N) is 1. The van der Waals surface area contributed by atoms with E-state index in [4.69, 9.17) is 10.6 Å². The number of carbonyl (C=O) groups is 2. The van der Waals surface area contributed by atoms with E-state index in [1.807, 2.05) is 12.1 Å². The van der Waals surface area contributed by atoms with E-state index in [0.29, 0.717) is 48.5 Å². The van der Waals surface area contributed by atoms with Crippen molar-refractivity contribution < 1.29 is 14.3 Å². The fourth-order valence-electron chi connectivity index (χ4n) is 3.54. The number of ether oxygens (including phenoxy) is 1. The number of nitrogen functional groups attached to an aromatic ring is 1. The molecule has 0 aliphatic carbocycles. The largest absolute Gasteiger partial charge is 0.379 e. The Balaban J connectivity index is 1.67. The van der Waals surface area contributed by atoms with Crippen molar-refractivity contribution in [3.8, 4) is 0 Å². The molecule has 1 fully saturated rings. The number of hydrazine groups is 1. The maximum atomic E-state index is 12.9. The number of imide groups is 1. The molecule has 2 aliphatic heterocycles. The van der Waals surface area contributed by atoms with Crippen LogP contribution >= 0.6 is 0 Å². The van der Waals surface area contributed by atoms with E-state index in [9.17, 15) is 9.59 Å². The molecule has 7 heteroatoms. The van der Waals surface area contributed by atoms with Gasteiger partial charge >= 0.3 is 0 Å². The topological polar surface area (TPSA) is 87.9 Å². The number of nitrogens with zero attached hydrogens (tertiary/aromatic N) is 2. The van der Waals surface area contributed by atoms with Crippen LogP contribution in [0.2, 0.25) is 0 Å². The van der Waals surface area contributed by atoms with Gasteiger partial charge in [0, 0.05) is 48.1 Å². The van der Waals surface area contributed by atoms with Gasteiger partial charge in [0.05, 0.1) is 18.9 Å². The smallest absolute Gasteiger partial charge is 0.261 e. The first kappa shape index (κ1) is 16.0. The first-order valence-corrected chi connectivity index (χ1v) is 8.39. The Labute approximate surface area is 145 Å². The lowest BCUT2D eigenvalue weighted by Crippen LogP contribution is -2.46. The van der Waals surface area contributed by atoms with Gasteiger partial charge in [0.2, 0.25) is 0 Å². The van der Waals surface area contributed by atoms with Crippen LogP contribution in [0.3, 0.4) is 0 Å². The van der Waals surface area contributed by atoms with Gasteiger partial charge in [-0.2, -0.15) is 0 Å².